The standard InChI is InChI=1S/C46H29NOS/c1-2-12-31-27-33(26-25-30(31)11-1)32-13-7-15-35(28-32)47(41-21-10-23-43-45(41)40-18-3-5-22-42(40)48-43)36-16-8-14-34(29-36)37-19-9-20-39-38-17-4-6-24-44(38)49-46(37)39/h1-29H. The summed E-state index contributed by atoms with van der Waals surface area (Å²) in [5.41, 5.74) is 9.81. The van der Waals surface area contributed by atoms with E-state index in [1.165, 1.54) is 53.2 Å². The predicted octanol–water partition coefficient (Wildman–Crippen LogP) is 13.9. The van der Waals surface area contributed by atoms with Gasteiger partial charge in [0.1, 0.15) is 11.2 Å². The Balaban J connectivity index is 1.20. The van der Waals surface area contributed by atoms with E-state index >= 15 is 0 Å². The minimum atomic E-state index is 0.876. The van der Waals surface area contributed by atoms with Gasteiger partial charge in [-0.2, -0.15) is 0 Å². The monoisotopic (exact) mass is 643 g/mol. The van der Waals surface area contributed by atoms with Crippen molar-refractivity contribution in [2.24, 2.45) is 0 Å². The number of benzene rings is 8. The quantitative estimate of drug-likeness (QED) is 0.186. The Kier molecular flexibility index (Phi) is 6.39. The molecule has 0 atom stereocenters. The van der Waals surface area contributed by atoms with Crippen molar-refractivity contribution in [1.82, 2.24) is 0 Å². The van der Waals surface area contributed by atoms with E-state index in [0.717, 1.165) is 39.0 Å². The fourth-order valence-corrected chi connectivity index (χ4v) is 8.59. The Bertz CT molecular complexity index is 2860. The second kappa shape index (κ2) is 11.2. The van der Waals surface area contributed by atoms with E-state index in [9.17, 15) is 0 Å². The molecule has 0 amide bonds. The van der Waals surface area contributed by atoms with Gasteiger partial charge < -0.3 is 9.32 Å². The van der Waals surface area contributed by atoms with Gasteiger partial charge >= 0.3 is 0 Å². The maximum atomic E-state index is 6.39. The molecule has 8 aromatic carbocycles. The van der Waals surface area contributed by atoms with Crippen LogP contribution in [0.4, 0.5) is 17.1 Å². The molecule has 0 fully saturated rings. The Morgan fingerprint density at radius 2 is 1.08 bits per heavy atom. The number of nitrogens with zero attached hydrogens (tertiary/aromatic N) is 1. The van der Waals surface area contributed by atoms with Crippen molar-refractivity contribution in [2.45, 2.75) is 0 Å². The summed E-state index contributed by atoms with van der Waals surface area (Å²) in [5.74, 6) is 0. The Hall–Kier alpha value is -6.16. The maximum absolute atomic E-state index is 6.39. The highest BCUT2D eigenvalue weighted by Crippen LogP contribution is 2.46. The third-order valence-corrected chi connectivity index (χ3v) is 10.8. The molecule has 0 spiro atoms. The van der Waals surface area contributed by atoms with Gasteiger partial charge in [0, 0.05) is 36.9 Å². The normalized spacial score (nSPS) is 11.7. The van der Waals surface area contributed by atoms with Gasteiger partial charge in [0.15, 0.2) is 0 Å². The van der Waals surface area contributed by atoms with Crippen LogP contribution >= 0.6 is 11.3 Å². The molecule has 10 aromatic rings. The van der Waals surface area contributed by atoms with Crippen LogP contribution in [0, 0.1) is 0 Å². The molecule has 0 saturated heterocycles. The molecule has 0 bridgehead atoms. The van der Waals surface area contributed by atoms with Gasteiger partial charge in [-0.1, -0.05) is 121 Å². The van der Waals surface area contributed by atoms with Crippen molar-refractivity contribution in [3.63, 3.8) is 0 Å². The largest absolute Gasteiger partial charge is 0.456 e. The molecule has 0 N–H and O–H groups in total. The first-order valence-corrected chi connectivity index (χ1v) is 17.4. The molecule has 2 heterocycles. The van der Waals surface area contributed by atoms with E-state index in [-0.39, 0.29) is 0 Å². The predicted molar refractivity (Wildman–Crippen MR) is 210 cm³/mol. The smallest absolute Gasteiger partial charge is 0.137 e. The molecular weight excluding hydrogens is 615 g/mol. The highest BCUT2D eigenvalue weighted by Gasteiger charge is 2.21. The van der Waals surface area contributed by atoms with Crippen molar-refractivity contribution >= 4 is 81.3 Å². The average Bonchev–Trinajstić information content (AvgIpc) is 3.74. The minimum absolute atomic E-state index is 0.876. The van der Waals surface area contributed by atoms with Gasteiger partial charge in [-0.3, -0.25) is 0 Å². The molecule has 0 radical (unpaired) electrons. The van der Waals surface area contributed by atoms with Crippen molar-refractivity contribution in [3.8, 4) is 22.3 Å². The van der Waals surface area contributed by atoms with Crippen LogP contribution in [0.2, 0.25) is 0 Å². The summed E-state index contributed by atoms with van der Waals surface area (Å²) in [6, 6.07) is 63.3. The van der Waals surface area contributed by atoms with E-state index in [0.29, 0.717) is 0 Å². The molecular formula is C46H29NOS. The van der Waals surface area contributed by atoms with Crippen LogP contribution in [-0.4, -0.2) is 0 Å². The number of thiophene rings is 1. The number of fused-ring (bicyclic) bond motifs is 7. The number of anilines is 3. The summed E-state index contributed by atoms with van der Waals surface area (Å²) in [7, 11) is 0. The summed E-state index contributed by atoms with van der Waals surface area (Å²) in [6.45, 7) is 0. The molecule has 0 unspecified atom stereocenters. The number of furan rings is 1. The van der Waals surface area contributed by atoms with Gasteiger partial charge in [-0.15, -0.1) is 11.3 Å². The van der Waals surface area contributed by atoms with Crippen molar-refractivity contribution < 1.29 is 4.42 Å². The van der Waals surface area contributed by atoms with E-state index in [2.05, 4.69) is 175 Å². The second-order valence-corrected chi connectivity index (χ2v) is 13.6. The summed E-state index contributed by atoms with van der Waals surface area (Å²) in [6.07, 6.45) is 0. The van der Waals surface area contributed by atoms with Crippen LogP contribution in [0.1, 0.15) is 0 Å². The molecule has 3 heteroatoms. The molecule has 0 saturated carbocycles. The van der Waals surface area contributed by atoms with Crippen molar-refractivity contribution in [1.29, 1.82) is 0 Å². The zero-order valence-corrected chi connectivity index (χ0v) is 27.3. The third-order valence-electron chi connectivity index (χ3n) is 9.63. The fraction of sp³-hybridized carbons (Fsp3) is 0. The maximum Gasteiger partial charge on any atom is 0.137 e. The second-order valence-electron chi connectivity index (χ2n) is 12.5. The zero-order chi connectivity index (χ0) is 32.3. The Morgan fingerprint density at radius 1 is 0.429 bits per heavy atom. The first-order valence-electron chi connectivity index (χ1n) is 16.6. The topological polar surface area (TPSA) is 16.4 Å². The van der Waals surface area contributed by atoms with Crippen LogP contribution in [-0.2, 0) is 0 Å². The molecule has 0 aliphatic rings. The summed E-state index contributed by atoms with van der Waals surface area (Å²) in [4.78, 5) is 2.39. The molecule has 2 aromatic heterocycles. The third kappa shape index (κ3) is 4.62. The molecule has 10 rings (SSSR count). The molecule has 230 valence electrons. The van der Waals surface area contributed by atoms with E-state index in [1.807, 2.05) is 17.4 Å². The van der Waals surface area contributed by atoms with Crippen LogP contribution in [0.25, 0.3) is 75.1 Å². The van der Waals surface area contributed by atoms with Crippen LogP contribution in [0.15, 0.2) is 180 Å². The zero-order valence-electron chi connectivity index (χ0n) is 26.5. The highest BCUT2D eigenvalue weighted by atomic mass is 32.1. The summed E-state index contributed by atoms with van der Waals surface area (Å²) in [5, 5.41) is 7.30. The van der Waals surface area contributed by atoms with Crippen molar-refractivity contribution in [3.05, 3.63) is 176 Å². The lowest BCUT2D eigenvalue weighted by Gasteiger charge is -2.27. The summed E-state index contributed by atoms with van der Waals surface area (Å²) >= 11 is 1.87. The first-order chi connectivity index (χ1) is 24.3. The number of rotatable bonds is 5. The average molecular weight is 644 g/mol. The fourth-order valence-electron chi connectivity index (χ4n) is 7.35. The molecule has 2 nitrogen and oxygen atoms in total. The van der Waals surface area contributed by atoms with E-state index in [1.54, 1.807) is 0 Å². The van der Waals surface area contributed by atoms with Crippen LogP contribution in [0.5, 0.6) is 0 Å². The van der Waals surface area contributed by atoms with Gasteiger partial charge in [-0.25, -0.2) is 0 Å². The SMILES string of the molecule is c1cc(-c2ccc3ccccc3c2)cc(N(c2cccc(-c3cccc4c3sc3ccccc34)c2)c2cccc3oc4ccccc4c23)c1. The molecule has 0 aliphatic carbocycles. The lowest BCUT2D eigenvalue weighted by Crippen LogP contribution is -2.10. The van der Waals surface area contributed by atoms with Gasteiger partial charge in [0.25, 0.3) is 0 Å². The van der Waals surface area contributed by atoms with E-state index < -0.39 is 0 Å². The number of hydrogen-bond donors (Lipinski definition) is 0. The lowest BCUT2D eigenvalue weighted by atomic mass is 9.99. The highest BCUT2D eigenvalue weighted by molar-refractivity contribution is 7.26. The molecule has 49 heavy (non-hydrogen) atoms. The van der Waals surface area contributed by atoms with Gasteiger partial charge in [-0.05, 0) is 87.6 Å². The Morgan fingerprint density at radius 3 is 1.98 bits per heavy atom. The summed E-state index contributed by atoms with van der Waals surface area (Å²) < 4.78 is 9.02. The van der Waals surface area contributed by atoms with Gasteiger partial charge in [0.2, 0.25) is 0 Å². The molecule has 0 aliphatic heterocycles. The van der Waals surface area contributed by atoms with Crippen LogP contribution < -0.4 is 4.90 Å². The first kappa shape index (κ1) is 27.9. The number of hydrogen-bond acceptors (Lipinski definition) is 3. The van der Waals surface area contributed by atoms with E-state index in [4.69, 9.17) is 4.42 Å². The van der Waals surface area contributed by atoms with Crippen molar-refractivity contribution in [2.75, 3.05) is 4.90 Å². The van der Waals surface area contributed by atoms with Gasteiger partial charge in [0.05, 0.1) is 11.1 Å². The van der Waals surface area contributed by atoms with Crippen LogP contribution in [0.3, 0.4) is 0 Å². The number of para-hydroxylation sites is 1. The lowest BCUT2D eigenvalue weighted by molar-refractivity contribution is 0.669. The Labute approximate surface area is 287 Å². The minimum Gasteiger partial charge on any atom is -0.456 e.